The van der Waals surface area contributed by atoms with E-state index in [2.05, 4.69) is 23.9 Å². The molecule has 1 aromatic rings. The highest BCUT2D eigenvalue weighted by Gasteiger charge is 2.40. The molecule has 6 nitrogen and oxygen atoms in total. The Morgan fingerprint density at radius 3 is 2.96 bits per heavy atom. The van der Waals surface area contributed by atoms with E-state index in [9.17, 15) is 4.79 Å². The van der Waals surface area contributed by atoms with E-state index in [0.717, 1.165) is 65.3 Å². The summed E-state index contributed by atoms with van der Waals surface area (Å²) < 4.78 is 11.0. The van der Waals surface area contributed by atoms with Gasteiger partial charge in [-0.15, -0.1) is 0 Å². The highest BCUT2D eigenvalue weighted by Crippen LogP contribution is 2.33. The quantitative estimate of drug-likeness (QED) is 0.832. The molecule has 1 spiro atoms. The van der Waals surface area contributed by atoms with Gasteiger partial charge in [-0.05, 0) is 33.0 Å². The smallest absolute Gasteiger partial charge is 0.257 e. The van der Waals surface area contributed by atoms with Crippen LogP contribution in [0.3, 0.4) is 0 Å². The molecule has 1 aromatic heterocycles. The van der Waals surface area contributed by atoms with Crippen LogP contribution in [0.5, 0.6) is 0 Å². The van der Waals surface area contributed by atoms with E-state index in [1.807, 2.05) is 4.90 Å². The number of likely N-dealkylation sites (tertiary alicyclic amines) is 1. The molecule has 0 saturated carbocycles. The van der Waals surface area contributed by atoms with Crippen molar-refractivity contribution in [3.8, 4) is 0 Å². The molecule has 2 fully saturated rings. The Labute approximate surface area is 144 Å². The van der Waals surface area contributed by atoms with Gasteiger partial charge in [-0.3, -0.25) is 9.69 Å². The fourth-order valence-corrected chi connectivity index (χ4v) is 3.81. The van der Waals surface area contributed by atoms with Crippen molar-refractivity contribution < 1.29 is 13.9 Å². The molecule has 0 N–H and O–H groups in total. The monoisotopic (exact) mass is 335 g/mol. The molecular weight excluding hydrogens is 306 g/mol. The van der Waals surface area contributed by atoms with Gasteiger partial charge in [-0.1, -0.05) is 0 Å². The van der Waals surface area contributed by atoms with Gasteiger partial charge in [0.25, 0.3) is 5.91 Å². The number of hydrogen-bond acceptors (Lipinski definition) is 5. The number of nitrogens with zero attached hydrogens (tertiary/aromatic N) is 3. The van der Waals surface area contributed by atoms with Gasteiger partial charge in [-0.25, -0.2) is 0 Å². The first-order valence-electron chi connectivity index (χ1n) is 8.84. The molecule has 6 heteroatoms. The zero-order chi connectivity index (χ0) is 17.0. The second kappa shape index (κ2) is 7.68. The SMILES string of the molecule is CN(C)CCN1CCOCC2(CCCN(C(=O)c3ccoc3)C2)C1. The Morgan fingerprint density at radius 1 is 1.33 bits per heavy atom. The summed E-state index contributed by atoms with van der Waals surface area (Å²) in [4.78, 5) is 19.4. The van der Waals surface area contributed by atoms with Crippen LogP contribution in [0, 0.1) is 5.41 Å². The average Bonchev–Trinajstić information content (AvgIpc) is 3.03. The number of rotatable bonds is 4. The molecule has 0 aromatic carbocycles. The van der Waals surface area contributed by atoms with Crippen molar-refractivity contribution in [3.63, 3.8) is 0 Å². The highest BCUT2D eigenvalue weighted by atomic mass is 16.5. The van der Waals surface area contributed by atoms with Crippen LogP contribution in [0.25, 0.3) is 0 Å². The lowest BCUT2D eigenvalue weighted by atomic mass is 9.80. The molecule has 0 radical (unpaired) electrons. The number of ether oxygens (including phenoxy) is 1. The lowest BCUT2D eigenvalue weighted by molar-refractivity contribution is 0.00714. The molecule has 1 amide bonds. The molecule has 2 saturated heterocycles. The van der Waals surface area contributed by atoms with E-state index >= 15 is 0 Å². The minimum Gasteiger partial charge on any atom is -0.472 e. The second-order valence-electron chi connectivity index (χ2n) is 7.47. The van der Waals surface area contributed by atoms with Crippen molar-refractivity contribution in [1.29, 1.82) is 0 Å². The van der Waals surface area contributed by atoms with Gasteiger partial charge in [0, 0.05) is 44.7 Å². The molecule has 3 heterocycles. The standard InChI is InChI=1S/C18H29N3O3/c1-19(2)7-8-20-9-11-24-15-18(13-20)5-3-6-21(14-18)17(22)16-4-10-23-12-16/h4,10,12H,3,5-9,11,13-15H2,1-2H3. The minimum atomic E-state index is 0.0560. The Morgan fingerprint density at radius 2 is 2.21 bits per heavy atom. The van der Waals surface area contributed by atoms with Crippen LogP contribution < -0.4 is 0 Å². The molecule has 24 heavy (non-hydrogen) atoms. The van der Waals surface area contributed by atoms with Crippen LogP contribution in [0.15, 0.2) is 23.0 Å². The molecule has 0 aliphatic carbocycles. The summed E-state index contributed by atoms with van der Waals surface area (Å²) in [6, 6.07) is 1.75. The van der Waals surface area contributed by atoms with E-state index in [1.54, 1.807) is 12.3 Å². The van der Waals surface area contributed by atoms with E-state index in [-0.39, 0.29) is 11.3 Å². The summed E-state index contributed by atoms with van der Waals surface area (Å²) in [6.45, 7) is 7.22. The molecule has 134 valence electrons. The highest BCUT2D eigenvalue weighted by molar-refractivity contribution is 5.93. The summed E-state index contributed by atoms with van der Waals surface area (Å²) in [5.41, 5.74) is 0.701. The predicted octanol–water partition coefficient (Wildman–Crippen LogP) is 1.40. The van der Waals surface area contributed by atoms with Crippen LogP contribution in [-0.4, -0.2) is 87.2 Å². The van der Waals surface area contributed by atoms with Crippen LogP contribution in [0.1, 0.15) is 23.2 Å². The summed E-state index contributed by atoms with van der Waals surface area (Å²) in [7, 11) is 4.21. The Kier molecular flexibility index (Phi) is 5.58. The number of likely N-dealkylation sites (N-methyl/N-ethyl adjacent to an activating group) is 1. The molecule has 1 unspecified atom stereocenters. The van der Waals surface area contributed by atoms with Crippen LogP contribution >= 0.6 is 0 Å². The van der Waals surface area contributed by atoms with Crippen LogP contribution in [-0.2, 0) is 4.74 Å². The van der Waals surface area contributed by atoms with Crippen LogP contribution in [0.4, 0.5) is 0 Å². The number of carbonyl (C=O) groups excluding carboxylic acids is 1. The zero-order valence-corrected chi connectivity index (χ0v) is 14.9. The maximum absolute atomic E-state index is 12.7. The molecule has 3 rings (SSSR count). The molecule has 2 aliphatic rings. The van der Waals surface area contributed by atoms with E-state index in [4.69, 9.17) is 9.15 Å². The normalized spacial score (nSPS) is 26.0. The van der Waals surface area contributed by atoms with Gasteiger partial charge in [0.1, 0.15) is 6.26 Å². The molecule has 2 aliphatic heterocycles. The largest absolute Gasteiger partial charge is 0.472 e. The maximum Gasteiger partial charge on any atom is 0.257 e. The number of amides is 1. The topological polar surface area (TPSA) is 49.2 Å². The van der Waals surface area contributed by atoms with Gasteiger partial charge in [0.05, 0.1) is 25.0 Å². The van der Waals surface area contributed by atoms with Gasteiger partial charge in [-0.2, -0.15) is 0 Å². The summed E-state index contributed by atoms with van der Waals surface area (Å²) in [6.07, 6.45) is 5.26. The van der Waals surface area contributed by atoms with Crippen molar-refractivity contribution in [2.75, 3.05) is 66.6 Å². The lowest BCUT2D eigenvalue weighted by Crippen LogP contribution is -2.52. The fraction of sp³-hybridized carbons (Fsp3) is 0.722. The first-order chi connectivity index (χ1) is 11.6. The molecule has 0 bridgehead atoms. The fourth-order valence-electron chi connectivity index (χ4n) is 3.81. The van der Waals surface area contributed by atoms with Crippen molar-refractivity contribution >= 4 is 5.91 Å². The van der Waals surface area contributed by atoms with E-state index in [1.165, 1.54) is 6.26 Å². The number of piperidine rings is 1. The third-order valence-electron chi connectivity index (χ3n) is 5.10. The minimum absolute atomic E-state index is 0.0560. The Balaban J connectivity index is 1.67. The van der Waals surface area contributed by atoms with Crippen LogP contribution in [0.2, 0.25) is 0 Å². The predicted molar refractivity (Wildman–Crippen MR) is 92.1 cm³/mol. The van der Waals surface area contributed by atoms with E-state index in [0.29, 0.717) is 5.56 Å². The van der Waals surface area contributed by atoms with Crippen molar-refractivity contribution in [3.05, 3.63) is 24.2 Å². The van der Waals surface area contributed by atoms with Gasteiger partial charge in [0.2, 0.25) is 0 Å². The number of furan rings is 1. The first kappa shape index (κ1) is 17.5. The van der Waals surface area contributed by atoms with Crippen molar-refractivity contribution in [1.82, 2.24) is 14.7 Å². The third-order valence-corrected chi connectivity index (χ3v) is 5.10. The maximum atomic E-state index is 12.7. The number of carbonyl (C=O) groups is 1. The second-order valence-corrected chi connectivity index (χ2v) is 7.47. The molecular formula is C18H29N3O3. The van der Waals surface area contributed by atoms with Gasteiger partial charge in [0.15, 0.2) is 0 Å². The number of hydrogen-bond donors (Lipinski definition) is 0. The zero-order valence-electron chi connectivity index (χ0n) is 14.9. The van der Waals surface area contributed by atoms with Gasteiger partial charge >= 0.3 is 0 Å². The average molecular weight is 335 g/mol. The Hall–Kier alpha value is -1.37. The summed E-state index contributed by atoms with van der Waals surface area (Å²) >= 11 is 0. The summed E-state index contributed by atoms with van der Waals surface area (Å²) in [5.74, 6) is 0.0758. The first-order valence-corrected chi connectivity index (χ1v) is 8.84. The van der Waals surface area contributed by atoms with Gasteiger partial charge < -0.3 is 19.0 Å². The summed E-state index contributed by atoms with van der Waals surface area (Å²) in [5, 5.41) is 0. The van der Waals surface area contributed by atoms with Crippen molar-refractivity contribution in [2.24, 2.45) is 5.41 Å². The Bertz CT molecular complexity index is 532. The third kappa shape index (κ3) is 4.18. The van der Waals surface area contributed by atoms with Crippen molar-refractivity contribution in [2.45, 2.75) is 12.8 Å². The molecule has 1 atom stereocenters. The van der Waals surface area contributed by atoms with E-state index < -0.39 is 0 Å². The lowest BCUT2D eigenvalue weighted by Gasteiger charge is -2.43.